The minimum absolute atomic E-state index is 0.0646. The molecular weight excluding hydrogens is 350 g/mol. The van der Waals surface area contributed by atoms with Crippen molar-refractivity contribution in [3.63, 3.8) is 0 Å². The Morgan fingerprint density at radius 3 is 2.88 bits per heavy atom. The van der Waals surface area contributed by atoms with Gasteiger partial charge >= 0.3 is 0 Å². The van der Waals surface area contributed by atoms with Gasteiger partial charge in [-0.15, -0.1) is 11.3 Å². The summed E-state index contributed by atoms with van der Waals surface area (Å²) in [7, 11) is 1.61. The van der Waals surface area contributed by atoms with Crippen LogP contribution in [0.3, 0.4) is 0 Å². The molecule has 7 heteroatoms. The van der Waals surface area contributed by atoms with Crippen molar-refractivity contribution >= 4 is 28.8 Å². The van der Waals surface area contributed by atoms with Gasteiger partial charge in [0.15, 0.2) is 0 Å². The molecule has 0 bridgehead atoms. The first kappa shape index (κ1) is 18.5. The van der Waals surface area contributed by atoms with E-state index < -0.39 is 5.92 Å². The Balaban J connectivity index is 1.78. The average Bonchev–Trinajstić information content (AvgIpc) is 3.19. The molecule has 26 heavy (non-hydrogen) atoms. The average molecular weight is 373 g/mol. The van der Waals surface area contributed by atoms with Gasteiger partial charge < -0.3 is 15.0 Å². The van der Waals surface area contributed by atoms with Gasteiger partial charge in [-0.25, -0.2) is 4.98 Å². The number of hydrogen-bond acceptors (Lipinski definition) is 5. The van der Waals surface area contributed by atoms with Gasteiger partial charge in [-0.05, 0) is 36.6 Å². The number of carbonyl (C=O) groups is 2. The lowest BCUT2D eigenvalue weighted by Gasteiger charge is -2.23. The number of aromatic nitrogens is 1. The molecule has 1 N–H and O–H groups in total. The number of fused-ring (bicyclic) bond motifs is 1. The van der Waals surface area contributed by atoms with Crippen LogP contribution in [-0.4, -0.2) is 42.0 Å². The second kappa shape index (κ2) is 7.97. The van der Waals surface area contributed by atoms with Gasteiger partial charge in [0.25, 0.3) is 0 Å². The van der Waals surface area contributed by atoms with Gasteiger partial charge in [0.05, 0.1) is 19.1 Å². The molecule has 138 valence electrons. The van der Waals surface area contributed by atoms with E-state index >= 15 is 0 Å². The Bertz CT molecular complexity index is 805. The van der Waals surface area contributed by atoms with Crippen LogP contribution in [0.1, 0.15) is 34.0 Å². The number of ether oxygens (including phenoxy) is 1. The maximum absolute atomic E-state index is 12.9. The second-order valence-corrected chi connectivity index (χ2v) is 7.50. The fraction of sp³-hybridized carbons (Fsp3) is 0.421. The third-order valence-corrected chi connectivity index (χ3v) is 5.32. The molecule has 0 saturated carbocycles. The van der Waals surface area contributed by atoms with Gasteiger partial charge in [0.1, 0.15) is 5.01 Å². The molecule has 1 aromatic carbocycles. The molecule has 1 aliphatic rings. The van der Waals surface area contributed by atoms with Crippen molar-refractivity contribution in [1.82, 2.24) is 9.88 Å². The molecule has 2 amide bonds. The summed E-state index contributed by atoms with van der Waals surface area (Å²) in [5, 5.41) is 5.68. The monoisotopic (exact) mass is 373 g/mol. The van der Waals surface area contributed by atoms with Crippen molar-refractivity contribution < 1.29 is 14.3 Å². The van der Waals surface area contributed by atoms with Crippen molar-refractivity contribution in [2.24, 2.45) is 0 Å². The van der Waals surface area contributed by atoms with Crippen molar-refractivity contribution in [2.75, 3.05) is 25.6 Å². The summed E-state index contributed by atoms with van der Waals surface area (Å²) in [6.07, 6.45) is 1.88. The lowest BCUT2D eigenvalue weighted by Crippen LogP contribution is -2.35. The molecule has 0 saturated heterocycles. The SMILES string of the molecule is COCCN(Cc1nccs1)C(=O)CC1C(=O)Nc2cc(C)cc(C)c21. The Morgan fingerprint density at radius 2 is 2.19 bits per heavy atom. The Morgan fingerprint density at radius 1 is 1.38 bits per heavy atom. The van der Waals surface area contributed by atoms with E-state index in [0.717, 1.165) is 27.4 Å². The zero-order valence-electron chi connectivity index (χ0n) is 15.2. The number of benzene rings is 1. The van der Waals surface area contributed by atoms with Crippen LogP contribution in [-0.2, 0) is 20.9 Å². The highest BCUT2D eigenvalue weighted by Gasteiger charge is 2.35. The van der Waals surface area contributed by atoms with Crippen molar-refractivity contribution in [1.29, 1.82) is 0 Å². The van der Waals surface area contributed by atoms with E-state index in [-0.39, 0.29) is 18.2 Å². The van der Waals surface area contributed by atoms with E-state index in [1.54, 1.807) is 18.2 Å². The second-order valence-electron chi connectivity index (χ2n) is 6.52. The van der Waals surface area contributed by atoms with E-state index in [0.29, 0.717) is 19.7 Å². The third kappa shape index (κ3) is 3.94. The highest BCUT2D eigenvalue weighted by atomic mass is 32.1. The number of thiazole rings is 1. The summed E-state index contributed by atoms with van der Waals surface area (Å²) in [5.41, 5.74) is 3.90. The number of anilines is 1. The zero-order valence-corrected chi connectivity index (χ0v) is 16.1. The maximum atomic E-state index is 12.9. The summed E-state index contributed by atoms with van der Waals surface area (Å²) in [5.74, 6) is -0.618. The van der Waals surface area contributed by atoms with E-state index in [1.165, 1.54) is 11.3 Å². The topological polar surface area (TPSA) is 71.5 Å². The molecular formula is C19H23N3O3S. The fourth-order valence-corrected chi connectivity index (χ4v) is 4.01. The molecule has 1 atom stereocenters. The van der Waals surface area contributed by atoms with Crippen LogP contribution in [0.4, 0.5) is 5.69 Å². The number of methoxy groups -OCH3 is 1. The van der Waals surface area contributed by atoms with Crippen molar-refractivity contribution in [3.8, 4) is 0 Å². The molecule has 0 spiro atoms. The quantitative estimate of drug-likeness (QED) is 0.810. The molecule has 1 unspecified atom stereocenters. The van der Waals surface area contributed by atoms with Crippen LogP contribution in [0.5, 0.6) is 0 Å². The van der Waals surface area contributed by atoms with Crippen LogP contribution in [0.15, 0.2) is 23.7 Å². The number of amides is 2. The van der Waals surface area contributed by atoms with E-state index in [9.17, 15) is 9.59 Å². The summed E-state index contributed by atoms with van der Waals surface area (Å²) in [4.78, 5) is 31.4. The highest BCUT2D eigenvalue weighted by molar-refractivity contribution is 7.09. The lowest BCUT2D eigenvalue weighted by atomic mass is 9.91. The molecule has 2 heterocycles. The zero-order chi connectivity index (χ0) is 18.7. The predicted octanol–water partition coefficient (Wildman–Crippen LogP) is 2.86. The minimum atomic E-state index is -0.445. The van der Waals surface area contributed by atoms with Crippen LogP contribution >= 0.6 is 11.3 Å². The van der Waals surface area contributed by atoms with Crippen LogP contribution in [0.25, 0.3) is 0 Å². The van der Waals surface area contributed by atoms with Crippen LogP contribution in [0.2, 0.25) is 0 Å². The van der Waals surface area contributed by atoms with Gasteiger partial charge in [-0.1, -0.05) is 6.07 Å². The van der Waals surface area contributed by atoms with E-state index in [1.807, 2.05) is 25.3 Å². The number of carbonyl (C=O) groups excluding carboxylic acids is 2. The number of nitrogens with zero attached hydrogens (tertiary/aromatic N) is 2. The summed E-state index contributed by atoms with van der Waals surface area (Å²) < 4.78 is 5.13. The summed E-state index contributed by atoms with van der Waals surface area (Å²) in [6.45, 7) is 5.35. The molecule has 1 aliphatic heterocycles. The molecule has 0 aliphatic carbocycles. The molecule has 2 aromatic rings. The molecule has 0 radical (unpaired) electrons. The van der Waals surface area contributed by atoms with E-state index in [4.69, 9.17) is 4.74 Å². The smallest absolute Gasteiger partial charge is 0.232 e. The predicted molar refractivity (Wildman–Crippen MR) is 101 cm³/mol. The number of hydrogen-bond donors (Lipinski definition) is 1. The first-order valence-electron chi connectivity index (χ1n) is 8.56. The lowest BCUT2D eigenvalue weighted by molar-refractivity contribution is -0.134. The fourth-order valence-electron chi connectivity index (χ4n) is 3.38. The first-order valence-corrected chi connectivity index (χ1v) is 9.44. The molecule has 6 nitrogen and oxygen atoms in total. The Hall–Kier alpha value is -2.25. The largest absolute Gasteiger partial charge is 0.383 e. The van der Waals surface area contributed by atoms with Crippen molar-refractivity contribution in [3.05, 3.63) is 45.4 Å². The van der Waals surface area contributed by atoms with Gasteiger partial charge in [-0.2, -0.15) is 0 Å². The van der Waals surface area contributed by atoms with Crippen molar-refractivity contribution in [2.45, 2.75) is 32.7 Å². The Labute approximate surface area is 157 Å². The summed E-state index contributed by atoms with van der Waals surface area (Å²) >= 11 is 1.51. The first-order chi connectivity index (χ1) is 12.5. The van der Waals surface area contributed by atoms with Gasteiger partial charge in [0.2, 0.25) is 11.8 Å². The molecule has 1 aromatic heterocycles. The van der Waals surface area contributed by atoms with E-state index in [2.05, 4.69) is 16.4 Å². The molecule has 0 fully saturated rings. The summed E-state index contributed by atoms with van der Waals surface area (Å²) in [6, 6.07) is 4.01. The van der Waals surface area contributed by atoms with Crippen LogP contribution in [0, 0.1) is 13.8 Å². The number of nitrogens with one attached hydrogen (secondary N) is 1. The minimum Gasteiger partial charge on any atom is -0.383 e. The molecule has 3 rings (SSSR count). The number of aryl methyl sites for hydroxylation is 2. The maximum Gasteiger partial charge on any atom is 0.232 e. The highest BCUT2D eigenvalue weighted by Crippen LogP contribution is 2.38. The van der Waals surface area contributed by atoms with Gasteiger partial charge in [-0.3, -0.25) is 9.59 Å². The standard InChI is InChI=1S/C19H23N3O3S/c1-12-8-13(2)18-14(19(24)21-15(18)9-12)10-17(23)22(5-6-25-3)11-16-20-4-7-26-16/h4,7-9,14H,5-6,10-11H2,1-3H3,(H,21,24). The third-order valence-electron chi connectivity index (χ3n) is 4.56. The number of rotatable bonds is 7. The normalized spacial score (nSPS) is 15.7. The Kier molecular flexibility index (Phi) is 5.68. The van der Waals surface area contributed by atoms with Crippen LogP contribution < -0.4 is 5.32 Å². The van der Waals surface area contributed by atoms with Gasteiger partial charge in [0, 0.05) is 37.3 Å².